The van der Waals surface area contributed by atoms with Gasteiger partial charge in [-0.25, -0.2) is 4.79 Å². The fourth-order valence-corrected chi connectivity index (χ4v) is 1.55. The van der Waals surface area contributed by atoms with Gasteiger partial charge in [0, 0.05) is 35.2 Å². The number of hydrogen-bond donors (Lipinski definition) is 2. The molecule has 8 heteroatoms. The zero-order valence-corrected chi connectivity index (χ0v) is 12.3. The first-order valence-electron chi connectivity index (χ1n) is 4.45. The Kier molecular flexibility index (Phi) is 6.73. The van der Waals surface area contributed by atoms with Crippen molar-refractivity contribution in [1.29, 1.82) is 0 Å². The van der Waals surface area contributed by atoms with Crippen molar-refractivity contribution in [3.63, 3.8) is 0 Å². The second kappa shape index (κ2) is 6.97. The number of amides is 1. The summed E-state index contributed by atoms with van der Waals surface area (Å²) < 4.78 is 35.0. The average Bonchev–Trinajstić information content (AvgIpc) is 2.17. The molecule has 1 rings (SSSR count). The van der Waals surface area contributed by atoms with Gasteiger partial charge < -0.3 is 4.74 Å². The zero-order valence-electron chi connectivity index (χ0n) is 9.50. The smallest absolute Gasteiger partial charge is 0.411 e. The molecule has 2 N–H and O–H groups in total. The molecule has 0 saturated carbocycles. The molecular formula is C9H11NNaO5S. The Morgan fingerprint density at radius 3 is 2.65 bits per heavy atom. The topological polar surface area (TPSA) is 92.7 Å². The summed E-state index contributed by atoms with van der Waals surface area (Å²) in [6.45, 7) is 1.86. The molecule has 0 aromatic heterocycles. The fourth-order valence-electron chi connectivity index (χ4n) is 1.02. The van der Waals surface area contributed by atoms with Crippen LogP contribution in [0.5, 0.6) is 0 Å². The third kappa shape index (κ3) is 5.51. The summed E-state index contributed by atoms with van der Waals surface area (Å²) in [5, 5.41) is 2.32. The number of ether oxygens (including phenoxy) is 1. The van der Waals surface area contributed by atoms with Crippen LogP contribution >= 0.6 is 0 Å². The van der Waals surface area contributed by atoms with Crippen LogP contribution in [0.3, 0.4) is 0 Å². The van der Waals surface area contributed by atoms with Gasteiger partial charge in [-0.2, -0.15) is 8.42 Å². The molecule has 89 valence electrons. The minimum atomic E-state index is -4.27. The van der Waals surface area contributed by atoms with E-state index in [9.17, 15) is 13.2 Å². The molecule has 0 aliphatic heterocycles. The van der Waals surface area contributed by atoms with Crippen molar-refractivity contribution in [3.8, 4) is 0 Å². The van der Waals surface area contributed by atoms with E-state index in [-0.39, 0.29) is 46.7 Å². The van der Waals surface area contributed by atoms with Gasteiger partial charge >= 0.3 is 6.09 Å². The normalized spacial score (nSPS) is 10.2. The van der Waals surface area contributed by atoms with Crippen LogP contribution < -0.4 is 5.32 Å². The minimum Gasteiger partial charge on any atom is -0.450 e. The Labute approximate surface area is 121 Å². The van der Waals surface area contributed by atoms with Crippen molar-refractivity contribution < 1.29 is 22.5 Å². The van der Waals surface area contributed by atoms with Crippen LogP contribution in [-0.2, 0) is 14.9 Å². The van der Waals surface area contributed by atoms with E-state index in [0.717, 1.165) is 6.07 Å². The number of anilines is 1. The number of carbonyl (C=O) groups is 1. The number of rotatable bonds is 3. The monoisotopic (exact) mass is 268 g/mol. The number of hydrogen-bond acceptors (Lipinski definition) is 4. The van der Waals surface area contributed by atoms with Crippen molar-refractivity contribution in [2.45, 2.75) is 11.8 Å². The van der Waals surface area contributed by atoms with Crippen LogP contribution in [0.4, 0.5) is 10.5 Å². The first-order valence-corrected chi connectivity index (χ1v) is 5.89. The second-order valence-corrected chi connectivity index (χ2v) is 4.27. The van der Waals surface area contributed by atoms with Gasteiger partial charge in [-0.05, 0) is 25.1 Å². The van der Waals surface area contributed by atoms with E-state index in [1.54, 1.807) is 6.92 Å². The molecule has 1 aromatic rings. The predicted octanol–water partition coefficient (Wildman–Crippen LogP) is 1.12. The zero-order chi connectivity index (χ0) is 12.2. The Morgan fingerprint density at radius 1 is 1.47 bits per heavy atom. The molecule has 1 amide bonds. The van der Waals surface area contributed by atoms with Gasteiger partial charge in [-0.15, -0.1) is 0 Å². The van der Waals surface area contributed by atoms with E-state index < -0.39 is 16.2 Å². The van der Waals surface area contributed by atoms with Crippen LogP contribution in [0.15, 0.2) is 29.2 Å². The Bertz CT molecular complexity index is 488. The summed E-state index contributed by atoms with van der Waals surface area (Å²) >= 11 is 0. The first kappa shape index (κ1) is 16.4. The first-order chi connectivity index (χ1) is 7.43. The SMILES string of the molecule is CCOC(=O)Nc1cccc(S(=O)(=O)O)c1.[Na]. The van der Waals surface area contributed by atoms with Gasteiger partial charge in [0.05, 0.1) is 11.5 Å². The molecule has 1 aromatic carbocycles. The van der Waals surface area contributed by atoms with Crippen LogP contribution in [0, 0.1) is 0 Å². The average molecular weight is 268 g/mol. The molecule has 1 radical (unpaired) electrons. The molecule has 17 heavy (non-hydrogen) atoms. The Morgan fingerprint density at radius 2 is 2.12 bits per heavy atom. The quantitative estimate of drug-likeness (QED) is 0.633. The standard InChI is InChI=1S/C9H11NO5S.Na/c1-2-15-9(11)10-7-4-3-5-8(6-7)16(12,13)14;/h3-6H,2H2,1H3,(H,10,11)(H,12,13,14);. The molecule has 0 aliphatic carbocycles. The summed E-state index contributed by atoms with van der Waals surface area (Å²) in [7, 11) is -4.27. The van der Waals surface area contributed by atoms with E-state index in [2.05, 4.69) is 10.1 Å². The molecule has 0 heterocycles. The molecule has 0 fully saturated rings. The maximum absolute atomic E-state index is 11.0. The van der Waals surface area contributed by atoms with Gasteiger partial charge in [0.15, 0.2) is 0 Å². The van der Waals surface area contributed by atoms with Crippen LogP contribution in [0.1, 0.15) is 6.92 Å². The van der Waals surface area contributed by atoms with Gasteiger partial charge in [-0.3, -0.25) is 9.87 Å². The van der Waals surface area contributed by atoms with E-state index >= 15 is 0 Å². The minimum absolute atomic E-state index is 0. The van der Waals surface area contributed by atoms with E-state index in [1.807, 2.05) is 0 Å². The van der Waals surface area contributed by atoms with Gasteiger partial charge in [0.2, 0.25) is 0 Å². The largest absolute Gasteiger partial charge is 0.450 e. The molecule has 0 atom stereocenters. The third-order valence-corrected chi connectivity index (χ3v) is 2.50. The second-order valence-electron chi connectivity index (χ2n) is 2.85. The molecule has 0 bridgehead atoms. The maximum atomic E-state index is 11.0. The predicted molar refractivity (Wildman–Crippen MR) is 62.7 cm³/mol. The molecular weight excluding hydrogens is 257 g/mol. The summed E-state index contributed by atoms with van der Waals surface area (Å²) in [5.41, 5.74) is 0.230. The van der Waals surface area contributed by atoms with E-state index in [1.165, 1.54) is 18.2 Å². The summed E-state index contributed by atoms with van der Waals surface area (Å²) in [5.74, 6) is 0. The van der Waals surface area contributed by atoms with Crippen molar-refractivity contribution >= 4 is 51.5 Å². The van der Waals surface area contributed by atoms with E-state index in [4.69, 9.17) is 4.55 Å². The van der Waals surface area contributed by atoms with Crippen molar-refractivity contribution in [3.05, 3.63) is 24.3 Å². The van der Waals surface area contributed by atoms with Crippen LogP contribution in [-0.4, -0.2) is 55.2 Å². The summed E-state index contributed by atoms with van der Waals surface area (Å²) in [4.78, 5) is 10.7. The van der Waals surface area contributed by atoms with Crippen molar-refractivity contribution in [1.82, 2.24) is 0 Å². The molecule has 0 aliphatic rings. The Hall–Kier alpha value is -0.600. The van der Waals surface area contributed by atoms with Gasteiger partial charge in [0.25, 0.3) is 10.1 Å². The Balaban J connectivity index is 0.00000256. The van der Waals surface area contributed by atoms with Crippen molar-refractivity contribution in [2.24, 2.45) is 0 Å². The molecule has 0 saturated heterocycles. The molecule has 6 nitrogen and oxygen atoms in total. The molecule has 0 unspecified atom stereocenters. The van der Waals surface area contributed by atoms with Gasteiger partial charge in [-0.1, -0.05) is 6.07 Å². The molecule has 0 spiro atoms. The van der Waals surface area contributed by atoms with Crippen molar-refractivity contribution in [2.75, 3.05) is 11.9 Å². The maximum Gasteiger partial charge on any atom is 0.411 e. The van der Waals surface area contributed by atoms with Crippen LogP contribution in [0.25, 0.3) is 0 Å². The number of carbonyl (C=O) groups excluding carboxylic acids is 1. The fraction of sp³-hybridized carbons (Fsp3) is 0.222. The third-order valence-electron chi connectivity index (χ3n) is 1.65. The summed E-state index contributed by atoms with van der Waals surface area (Å²) in [6.07, 6.45) is -0.685. The summed E-state index contributed by atoms with van der Waals surface area (Å²) in [6, 6.07) is 5.22. The number of nitrogens with one attached hydrogen (secondary N) is 1. The number of benzene rings is 1. The van der Waals surface area contributed by atoms with Crippen LogP contribution in [0.2, 0.25) is 0 Å². The van der Waals surface area contributed by atoms with E-state index in [0.29, 0.717) is 0 Å². The van der Waals surface area contributed by atoms with Gasteiger partial charge in [0.1, 0.15) is 0 Å².